The average molecular weight is 421 g/mol. The molecular weight excluding hydrogens is 400 g/mol. The Hall–Kier alpha value is -3.12. The Morgan fingerprint density at radius 1 is 1.13 bits per heavy atom. The van der Waals surface area contributed by atoms with Crippen molar-refractivity contribution in [1.82, 2.24) is 14.9 Å². The van der Waals surface area contributed by atoms with Crippen molar-refractivity contribution in [2.45, 2.75) is 31.8 Å². The number of carbonyl (C=O) groups is 2. The van der Waals surface area contributed by atoms with Gasteiger partial charge in [-0.2, -0.15) is 5.10 Å². The van der Waals surface area contributed by atoms with Gasteiger partial charge in [-0.3, -0.25) is 9.59 Å². The van der Waals surface area contributed by atoms with Crippen LogP contribution in [-0.2, 0) is 21.5 Å². The van der Waals surface area contributed by atoms with Crippen molar-refractivity contribution < 1.29 is 9.59 Å². The fraction of sp³-hybridized carbons (Fsp3) is 0.261. The minimum Gasteiger partial charge on any atom is -0.356 e. The Morgan fingerprint density at radius 3 is 2.67 bits per heavy atom. The van der Waals surface area contributed by atoms with Crippen LogP contribution in [0.25, 0.3) is 10.9 Å². The molecule has 5 rings (SSSR count). The van der Waals surface area contributed by atoms with Gasteiger partial charge < -0.3 is 9.88 Å². The molecule has 6 nitrogen and oxygen atoms in total. The van der Waals surface area contributed by atoms with Gasteiger partial charge in [-0.25, -0.2) is 5.01 Å². The van der Waals surface area contributed by atoms with Crippen LogP contribution < -0.4 is 0 Å². The number of aromatic nitrogens is 1. The Morgan fingerprint density at radius 2 is 1.87 bits per heavy atom. The summed E-state index contributed by atoms with van der Waals surface area (Å²) in [6, 6.07) is 14.7. The zero-order valence-corrected chi connectivity index (χ0v) is 17.5. The number of benzene rings is 2. The normalized spacial score (nSPS) is 20.7. The van der Waals surface area contributed by atoms with Crippen molar-refractivity contribution >= 4 is 40.5 Å². The number of fused-ring (bicyclic) bond motifs is 4. The number of piperazine rings is 1. The standard InChI is InChI=1S/C23H21ClN4O2/c1-23(2)21-16(15-8-4-6-10-18(15)26-21)11-19-22(30)27(13-20(29)28(19)23)25-12-14-7-3-5-9-17(14)24/h3-10,12,19,26H,11,13H2,1-2H3/b25-12-/t19-/m0/s1. The third-order valence-corrected chi connectivity index (χ3v) is 6.42. The molecule has 2 aliphatic rings. The molecule has 1 fully saturated rings. The molecule has 1 aromatic heterocycles. The van der Waals surface area contributed by atoms with Crippen LogP contribution in [0.5, 0.6) is 0 Å². The van der Waals surface area contributed by atoms with Crippen LogP contribution in [0, 0.1) is 0 Å². The summed E-state index contributed by atoms with van der Waals surface area (Å²) >= 11 is 6.18. The van der Waals surface area contributed by atoms with E-state index in [1.165, 1.54) is 11.2 Å². The molecule has 30 heavy (non-hydrogen) atoms. The predicted octanol–water partition coefficient (Wildman–Crippen LogP) is 3.69. The number of hydrogen-bond acceptors (Lipinski definition) is 3. The van der Waals surface area contributed by atoms with E-state index in [-0.39, 0.29) is 18.4 Å². The maximum atomic E-state index is 13.3. The van der Waals surface area contributed by atoms with Crippen LogP contribution in [-0.4, -0.2) is 45.5 Å². The maximum Gasteiger partial charge on any atom is 0.266 e. The molecule has 2 aromatic carbocycles. The smallest absolute Gasteiger partial charge is 0.266 e. The molecule has 2 aliphatic heterocycles. The summed E-state index contributed by atoms with van der Waals surface area (Å²) in [6.07, 6.45) is 2.00. The number of nitrogens with one attached hydrogen (secondary N) is 1. The molecule has 0 aliphatic carbocycles. The van der Waals surface area contributed by atoms with E-state index in [2.05, 4.69) is 16.2 Å². The summed E-state index contributed by atoms with van der Waals surface area (Å²) < 4.78 is 0. The second kappa shape index (κ2) is 6.71. The number of hydrogen-bond donors (Lipinski definition) is 1. The minimum absolute atomic E-state index is 0.0880. The lowest BCUT2D eigenvalue weighted by molar-refractivity contribution is -0.163. The highest BCUT2D eigenvalue weighted by atomic mass is 35.5. The first-order valence-electron chi connectivity index (χ1n) is 9.90. The summed E-state index contributed by atoms with van der Waals surface area (Å²) in [4.78, 5) is 31.7. The highest BCUT2D eigenvalue weighted by molar-refractivity contribution is 6.33. The van der Waals surface area contributed by atoms with Crippen molar-refractivity contribution in [3.63, 3.8) is 0 Å². The SMILES string of the molecule is CC1(C)c2[nH]c3ccccc3c2C[C@H]2C(=O)N(/N=C\c3ccccc3Cl)CC(=O)N21. The number of aromatic amines is 1. The number of hydrazone groups is 1. The summed E-state index contributed by atoms with van der Waals surface area (Å²) in [5.74, 6) is -0.299. The van der Waals surface area contributed by atoms with E-state index in [0.29, 0.717) is 17.0 Å². The molecule has 0 radical (unpaired) electrons. The van der Waals surface area contributed by atoms with E-state index in [1.807, 2.05) is 50.2 Å². The van der Waals surface area contributed by atoms with E-state index < -0.39 is 11.6 Å². The summed E-state index contributed by atoms with van der Waals surface area (Å²) in [5, 5.41) is 7.21. The van der Waals surface area contributed by atoms with E-state index in [9.17, 15) is 9.59 Å². The highest BCUT2D eigenvalue weighted by Gasteiger charge is 2.51. The Kier molecular flexibility index (Phi) is 4.22. The van der Waals surface area contributed by atoms with Gasteiger partial charge in [0.15, 0.2) is 0 Å². The first-order valence-corrected chi connectivity index (χ1v) is 10.3. The molecule has 3 aromatic rings. The molecule has 0 spiro atoms. The first-order chi connectivity index (χ1) is 14.4. The number of H-pyrrole nitrogens is 1. The summed E-state index contributed by atoms with van der Waals surface area (Å²) in [5.41, 5.74) is 3.18. The van der Waals surface area contributed by atoms with Gasteiger partial charge in [0.05, 0.1) is 11.8 Å². The fourth-order valence-corrected chi connectivity index (χ4v) is 4.86. The van der Waals surface area contributed by atoms with Crippen LogP contribution in [0.2, 0.25) is 5.02 Å². The molecule has 3 heterocycles. The second-order valence-corrected chi connectivity index (χ2v) is 8.64. The summed E-state index contributed by atoms with van der Waals surface area (Å²) in [6.45, 7) is 3.89. The second-order valence-electron chi connectivity index (χ2n) is 8.23. The van der Waals surface area contributed by atoms with Crippen LogP contribution in [0.4, 0.5) is 0 Å². The molecule has 152 valence electrons. The van der Waals surface area contributed by atoms with Crippen molar-refractivity contribution in [3.8, 4) is 0 Å². The van der Waals surface area contributed by atoms with E-state index in [1.54, 1.807) is 11.0 Å². The molecule has 0 saturated carbocycles. The lowest BCUT2D eigenvalue weighted by atomic mass is 9.82. The van der Waals surface area contributed by atoms with Gasteiger partial charge in [0.2, 0.25) is 5.91 Å². The van der Waals surface area contributed by atoms with Crippen molar-refractivity contribution in [2.24, 2.45) is 5.10 Å². The van der Waals surface area contributed by atoms with Gasteiger partial charge in [-0.05, 0) is 31.5 Å². The van der Waals surface area contributed by atoms with Crippen molar-refractivity contribution in [1.29, 1.82) is 0 Å². The van der Waals surface area contributed by atoms with E-state index in [4.69, 9.17) is 11.6 Å². The Bertz CT molecular complexity index is 1210. The highest BCUT2D eigenvalue weighted by Crippen LogP contribution is 2.42. The van der Waals surface area contributed by atoms with Crippen LogP contribution in [0.3, 0.4) is 0 Å². The quantitative estimate of drug-likeness (QED) is 0.642. The zero-order valence-electron chi connectivity index (χ0n) is 16.7. The van der Waals surface area contributed by atoms with Gasteiger partial charge in [0.1, 0.15) is 12.6 Å². The molecule has 7 heteroatoms. The first kappa shape index (κ1) is 18.9. The van der Waals surface area contributed by atoms with E-state index in [0.717, 1.165) is 22.2 Å². The van der Waals surface area contributed by atoms with Crippen molar-refractivity contribution in [3.05, 3.63) is 70.4 Å². The van der Waals surface area contributed by atoms with Gasteiger partial charge in [-0.1, -0.05) is 48.0 Å². The molecule has 1 saturated heterocycles. The largest absolute Gasteiger partial charge is 0.356 e. The lowest BCUT2D eigenvalue weighted by Crippen LogP contribution is -2.66. The monoisotopic (exact) mass is 420 g/mol. The number of amides is 2. The molecular formula is C23H21ClN4O2. The zero-order chi connectivity index (χ0) is 21.0. The number of para-hydroxylation sites is 1. The van der Waals surface area contributed by atoms with Gasteiger partial charge in [0, 0.05) is 33.6 Å². The minimum atomic E-state index is -0.622. The van der Waals surface area contributed by atoms with Crippen LogP contribution >= 0.6 is 11.6 Å². The third-order valence-electron chi connectivity index (χ3n) is 6.07. The topological polar surface area (TPSA) is 68.8 Å². The van der Waals surface area contributed by atoms with Crippen LogP contribution in [0.15, 0.2) is 53.6 Å². The maximum absolute atomic E-state index is 13.3. The number of nitrogens with zero attached hydrogens (tertiary/aromatic N) is 3. The number of carbonyl (C=O) groups excluding carboxylic acids is 2. The number of rotatable bonds is 2. The van der Waals surface area contributed by atoms with E-state index >= 15 is 0 Å². The molecule has 0 bridgehead atoms. The van der Waals surface area contributed by atoms with Gasteiger partial charge in [-0.15, -0.1) is 0 Å². The van der Waals surface area contributed by atoms with Gasteiger partial charge >= 0.3 is 0 Å². The summed E-state index contributed by atoms with van der Waals surface area (Å²) in [7, 11) is 0. The fourth-order valence-electron chi connectivity index (χ4n) is 4.68. The Labute approximate surface area is 179 Å². The molecule has 2 amide bonds. The number of halogens is 1. The van der Waals surface area contributed by atoms with Crippen molar-refractivity contribution in [2.75, 3.05) is 6.54 Å². The third kappa shape index (κ3) is 2.75. The average Bonchev–Trinajstić information content (AvgIpc) is 3.10. The molecule has 1 atom stereocenters. The molecule has 0 unspecified atom stereocenters. The van der Waals surface area contributed by atoms with Gasteiger partial charge in [0.25, 0.3) is 5.91 Å². The Balaban J connectivity index is 1.53. The lowest BCUT2D eigenvalue weighted by Gasteiger charge is -2.50. The van der Waals surface area contributed by atoms with Crippen LogP contribution in [0.1, 0.15) is 30.7 Å². The molecule has 1 N–H and O–H groups in total. The predicted molar refractivity (Wildman–Crippen MR) is 116 cm³/mol.